The highest BCUT2D eigenvalue weighted by molar-refractivity contribution is 7.96. The van der Waals surface area contributed by atoms with E-state index in [0.29, 0.717) is 43.5 Å². The van der Waals surface area contributed by atoms with Crippen LogP contribution in [0.25, 0.3) is 0 Å². The summed E-state index contributed by atoms with van der Waals surface area (Å²) in [5.74, 6) is -0.0309. The number of carbonyl (C=O) groups excluding carboxylic acids is 1. The summed E-state index contributed by atoms with van der Waals surface area (Å²) in [4.78, 5) is 15.7. The van der Waals surface area contributed by atoms with E-state index in [0.717, 1.165) is 25.0 Å². The molecule has 0 radical (unpaired) electrons. The van der Waals surface area contributed by atoms with Crippen LogP contribution in [0.4, 0.5) is 15.8 Å². The zero-order valence-electron chi connectivity index (χ0n) is 16.0. The lowest BCUT2D eigenvalue weighted by Gasteiger charge is -2.30. The average Bonchev–Trinajstić information content (AvgIpc) is 3.28. The minimum Gasteiger partial charge on any atom is -0.486 e. The zero-order valence-corrected chi connectivity index (χ0v) is 16.8. The Labute approximate surface area is 173 Å². The number of nitrogens with zero attached hydrogens (tertiary/aromatic N) is 2. The molecule has 9 heteroatoms. The summed E-state index contributed by atoms with van der Waals surface area (Å²) < 4.78 is 51.6. The Morgan fingerprint density at radius 2 is 1.70 bits per heavy atom. The summed E-state index contributed by atoms with van der Waals surface area (Å²) in [5.41, 5.74) is 0.678. The second-order valence-corrected chi connectivity index (χ2v) is 9.19. The number of rotatable bonds is 2. The fourth-order valence-corrected chi connectivity index (χ4v) is 5.44. The van der Waals surface area contributed by atoms with Crippen LogP contribution in [0.5, 0.6) is 11.5 Å². The highest BCUT2D eigenvalue weighted by atomic mass is 32.2. The quantitative estimate of drug-likeness (QED) is 0.682. The van der Waals surface area contributed by atoms with Gasteiger partial charge in [0.2, 0.25) is 9.84 Å². The maximum absolute atomic E-state index is 14.0. The van der Waals surface area contributed by atoms with Gasteiger partial charge in [0.05, 0.1) is 10.6 Å². The molecule has 7 nitrogen and oxygen atoms in total. The predicted octanol–water partition coefficient (Wildman–Crippen LogP) is 2.99. The molecule has 2 aromatic rings. The molecule has 3 aliphatic heterocycles. The first kappa shape index (κ1) is 18.9. The molecule has 1 fully saturated rings. The van der Waals surface area contributed by atoms with Crippen molar-refractivity contribution in [2.24, 2.45) is 0 Å². The number of sulfone groups is 1. The second-order valence-electron chi connectivity index (χ2n) is 7.31. The zero-order chi connectivity index (χ0) is 20.9. The molecule has 1 amide bonds. The first-order valence-corrected chi connectivity index (χ1v) is 11.2. The number of likely N-dealkylation sites (tertiary alicyclic amines) is 1. The fourth-order valence-electron chi connectivity index (χ4n) is 3.92. The van der Waals surface area contributed by atoms with Gasteiger partial charge >= 0.3 is 0 Å². The molecule has 0 bridgehead atoms. The van der Waals surface area contributed by atoms with E-state index in [9.17, 15) is 17.6 Å². The topological polar surface area (TPSA) is 76.1 Å². The first-order chi connectivity index (χ1) is 14.4. The molecule has 30 heavy (non-hydrogen) atoms. The standard InChI is InChI=1S/C21H19FN2O5S/c22-14-3-6-19-16(11-14)24(15-4-5-17-18(12-15)29-10-9-28-17)13-20(30(19,26)27)21(25)23-7-1-2-8-23/h3-6,11-13H,1-2,7-10H2. The third-order valence-electron chi connectivity index (χ3n) is 5.41. The molecular weight excluding hydrogens is 411 g/mol. The Kier molecular flexibility index (Phi) is 4.43. The molecule has 2 aromatic carbocycles. The van der Waals surface area contributed by atoms with Gasteiger partial charge in [0.1, 0.15) is 19.0 Å². The second kappa shape index (κ2) is 7.02. The summed E-state index contributed by atoms with van der Waals surface area (Å²) in [7, 11) is -4.09. The fraction of sp³-hybridized carbons (Fsp3) is 0.286. The maximum Gasteiger partial charge on any atom is 0.267 e. The minimum absolute atomic E-state index is 0.108. The normalized spacial score (nSPS) is 19.3. The molecule has 156 valence electrons. The van der Waals surface area contributed by atoms with Gasteiger partial charge in [0, 0.05) is 31.0 Å². The summed E-state index contributed by atoms with van der Waals surface area (Å²) in [6.45, 7) is 1.87. The molecule has 0 spiro atoms. The Morgan fingerprint density at radius 1 is 0.967 bits per heavy atom. The van der Waals surface area contributed by atoms with Crippen LogP contribution in [0.15, 0.2) is 52.4 Å². The van der Waals surface area contributed by atoms with E-state index < -0.39 is 21.6 Å². The summed E-state index contributed by atoms with van der Waals surface area (Å²) in [6.07, 6.45) is 2.96. The van der Waals surface area contributed by atoms with Crippen LogP contribution in [0, 0.1) is 5.82 Å². The molecular formula is C21H19FN2O5S. The molecule has 5 rings (SSSR count). The summed E-state index contributed by atoms with van der Waals surface area (Å²) in [5, 5.41) is 0. The molecule has 0 saturated carbocycles. The Bertz CT molecular complexity index is 1170. The van der Waals surface area contributed by atoms with Gasteiger partial charge in [-0.25, -0.2) is 12.8 Å². The van der Waals surface area contributed by atoms with Gasteiger partial charge < -0.3 is 19.3 Å². The molecule has 0 atom stereocenters. The van der Waals surface area contributed by atoms with Crippen molar-refractivity contribution in [3.05, 3.63) is 53.3 Å². The number of hydrogen-bond donors (Lipinski definition) is 0. The monoisotopic (exact) mass is 430 g/mol. The lowest BCUT2D eigenvalue weighted by Crippen LogP contribution is -2.35. The van der Waals surface area contributed by atoms with E-state index in [1.807, 2.05) is 0 Å². The average molecular weight is 430 g/mol. The Hall–Kier alpha value is -3.07. The van der Waals surface area contributed by atoms with E-state index in [2.05, 4.69) is 0 Å². The lowest BCUT2D eigenvalue weighted by molar-refractivity contribution is -0.125. The van der Waals surface area contributed by atoms with Crippen molar-refractivity contribution < 1.29 is 27.1 Å². The number of hydrogen-bond acceptors (Lipinski definition) is 6. The number of amides is 1. The molecule has 0 aliphatic carbocycles. The Balaban J connectivity index is 1.67. The van der Waals surface area contributed by atoms with E-state index in [-0.39, 0.29) is 15.5 Å². The summed E-state index contributed by atoms with van der Waals surface area (Å²) >= 11 is 0. The molecule has 1 saturated heterocycles. The van der Waals surface area contributed by atoms with Crippen LogP contribution >= 0.6 is 0 Å². The van der Waals surface area contributed by atoms with E-state index in [1.54, 1.807) is 23.1 Å². The molecule has 0 aromatic heterocycles. The van der Waals surface area contributed by atoms with Crippen molar-refractivity contribution in [1.82, 2.24) is 4.90 Å². The SMILES string of the molecule is O=C(C1=CN(c2ccc3c(c2)OCCO3)c2cc(F)ccc2S1(=O)=O)N1CCCC1. The van der Waals surface area contributed by atoms with Crippen molar-refractivity contribution in [3.63, 3.8) is 0 Å². The lowest BCUT2D eigenvalue weighted by atomic mass is 10.2. The highest BCUT2D eigenvalue weighted by Crippen LogP contribution is 2.43. The molecule has 0 unspecified atom stereocenters. The van der Waals surface area contributed by atoms with Gasteiger partial charge in [-0.1, -0.05) is 0 Å². The van der Waals surface area contributed by atoms with Crippen molar-refractivity contribution in [2.75, 3.05) is 31.2 Å². The van der Waals surface area contributed by atoms with Crippen LogP contribution in [0.3, 0.4) is 0 Å². The number of fused-ring (bicyclic) bond motifs is 2. The number of carbonyl (C=O) groups is 1. The highest BCUT2D eigenvalue weighted by Gasteiger charge is 2.38. The number of halogens is 1. The van der Waals surface area contributed by atoms with Crippen molar-refractivity contribution >= 4 is 27.1 Å². The van der Waals surface area contributed by atoms with Gasteiger partial charge in [0.15, 0.2) is 16.4 Å². The van der Waals surface area contributed by atoms with E-state index in [1.165, 1.54) is 17.2 Å². The van der Waals surface area contributed by atoms with Crippen molar-refractivity contribution in [2.45, 2.75) is 17.7 Å². The largest absolute Gasteiger partial charge is 0.486 e. The minimum atomic E-state index is -4.09. The molecule has 0 N–H and O–H groups in total. The van der Waals surface area contributed by atoms with Crippen LogP contribution in [0.2, 0.25) is 0 Å². The maximum atomic E-state index is 14.0. The first-order valence-electron chi connectivity index (χ1n) is 9.70. The smallest absolute Gasteiger partial charge is 0.267 e. The third-order valence-corrected chi connectivity index (χ3v) is 7.20. The summed E-state index contributed by atoms with van der Waals surface area (Å²) in [6, 6.07) is 8.56. The van der Waals surface area contributed by atoms with E-state index >= 15 is 0 Å². The van der Waals surface area contributed by atoms with Crippen LogP contribution in [-0.4, -0.2) is 45.5 Å². The molecule has 3 aliphatic rings. The van der Waals surface area contributed by atoms with Crippen LogP contribution in [0.1, 0.15) is 12.8 Å². The predicted molar refractivity (Wildman–Crippen MR) is 107 cm³/mol. The van der Waals surface area contributed by atoms with E-state index in [4.69, 9.17) is 9.47 Å². The van der Waals surface area contributed by atoms with Gasteiger partial charge in [-0.15, -0.1) is 0 Å². The third kappa shape index (κ3) is 3.00. The van der Waals surface area contributed by atoms with Crippen LogP contribution in [-0.2, 0) is 14.6 Å². The van der Waals surface area contributed by atoms with Gasteiger partial charge in [0.25, 0.3) is 5.91 Å². The van der Waals surface area contributed by atoms with Gasteiger partial charge in [-0.2, -0.15) is 0 Å². The molecule has 3 heterocycles. The van der Waals surface area contributed by atoms with Gasteiger partial charge in [-0.3, -0.25) is 4.79 Å². The van der Waals surface area contributed by atoms with Crippen molar-refractivity contribution in [1.29, 1.82) is 0 Å². The number of benzene rings is 2. The van der Waals surface area contributed by atoms with Crippen molar-refractivity contribution in [3.8, 4) is 11.5 Å². The Morgan fingerprint density at radius 3 is 2.47 bits per heavy atom. The van der Waals surface area contributed by atoms with Crippen LogP contribution < -0.4 is 14.4 Å². The van der Waals surface area contributed by atoms with Gasteiger partial charge in [-0.05, 0) is 43.2 Å². The number of ether oxygens (including phenoxy) is 2. The number of anilines is 2.